The van der Waals surface area contributed by atoms with Crippen molar-refractivity contribution in [2.24, 2.45) is 5.92 Å². The largest absolute Gasteiger partial charge is 0.396 e. The molecule has 0 amide bonds. The average molecular weight is 209 g/mol. The molecule has 4 heteroatoms. The quantitative estimate of drug-likeness (QED) is 0.663. The Morgan fingerprint density at radius 1 is 1.60 bits per heavy atom. The summed E-state index contributed by atoms with van der Waals surface area (Å²) in [5.74, 6) is 1.03. The van der Waals surface area contributed by atoms with Crippen LogP contribution in [-0.4, -0.2) is 23.2 Å². The molecule has 4 nitrogen and oxygen atoms in total. The van der Waals surface area contributed by atoms with Gasteiger partial charge in [0.1, 0.15) is 5.82 Å². The highest BCUT2D eigenvalue weighted by Gasteiger charge is 2.04. The number of pyridine rings is 1. The van der Waals surface area contributed by atoms with Crippen LogP contribution in [0.2, 0.25) is 0 Å². The molecule has 0 fully saturated rings. The molecule has 1 aromatic heterocycles. The smallest absolute Gasteiger partial charge is 0.125 e. The maximum atomic E-state index is 8.85. The van der Waals surface area contributed by atoms with Crippen LogP contribution in [0.3, 0.4) is 0 Å². The molecule has 1 heterocycles. The van der Waals surface area contributed by atoms with Gasteiger partial charge in [0.15, 0.2) is 0 Å². The Kier molecular flexibility index (Phi) is 4.90. The standard InChI is InChI=1S/C11H19N3O/c1-2-9(4-6-15)8-14-10-3-5-13-11(12)7-10/h3,5,7,9,15H,2,4,6,8H2,1H3,(H3,12,13,14). The second-order valence-corrected chi connectivity index (χ2v) is 3.64. The Morgan fingerprint density at radius 3 is 3.00 bits per heavy atom. The third-order valence-electron chi connectivity index (χ3n) is 2.49. The number of nitrogens with zero attached hydrogens (tertiary/aromatic N) is 1. The van der Waals surface area contributed by atoms with Gasteiger partial charge in [-0.1, -0.05) is 13.3 Å². The molecule has 1 unspecified atom stereocenters. The number of nitrogen functional groups attached to an aromatic ring is 1. The summed E-state index contributed by atoms with van der Waals surface area (Å²) in [6.07, 6.45) is 3.59. The highest BCUT2D eigenvalue weighted by atomic mass is 16.3. The molecule has 0 aliphatic rings. The summed E-state index contributed by atoms with van der Waals surface area (Å²) < 4.78 is 0. The zero-order valence-electron chi connectivity index (χ0n) is 9.11. The molecule has 1 atom stereocenters. The van der Waals surface area contributed by atoms with E-state index in [9.17, 15) is 0 Å². The van der Waals surface area contributed by atoms with E-state index in [-0.39, 0.29) is 6.61 Å². The van der Waals surface area contributed by atoms with E-state index >= 15 is 0 Å². The first kappa shape index (κ1) is 11.8. The van der Waals surface area contributed by atoms with Crippen molar-refractivity contribution < 1.29 is 5.11 Å². The second-order valence-electron chi connectivity index (χ2n) is 3.64. The van der Waals surface area contributed by atoms with E-state index < -0.39 is 0 Å². The summed E-state index contributed by atoms with van der Waals surface area (Å²) in [5.41, 5.74) is 6.55. The Bertz CT molecular complexity index is 291. The van der Waals surface area contributed by atoms with E-state index in [2.05, 4.69) is 17.2 Å². The molecule has 1 rings (SSSR count). The molecule has 0 spiro atoms. The van der Waals surface area contributed by atoms with Gasteiger partial charge in [0.25, 0.3) is 0 Å². The van der Waals surface area contributed by atoms with Crippen LogP contribution in [0.1, 0.15) is 19.8 Å². The summed E-state index contributed by atoms with van der Waals surface area (Å²) >= 11 is 0. The van der Waals surface area contributed by atoms with E-state index in [4.69, 9.17) is 10.8 Å². The van der Waals surface area contributed by atoms with Gasteiger partial charge in [-0.2, -0.15) is 0 Å². The van der Waals surface area contributed by atoms with Crippen molar-refractivity contribution in [1.82, 2.24) is 4.98 Å². The van der Waals surface area contributed by atoms with E-state index in [0.29, 0.717) is 11.7 Å². The summed E-state index contributed by atoms with van der Waals surface area (Å²) in [6.45, 7) is 3.24. The lowest BCUT2D eigenvalue weighted by Gasteiger charge is -2.15. The van der Waals surface area contributed by atoms with Crippen molar-refractivity contribution in [3.63, 3.8) is 0 Å². The number of nitrogens with one attached hydrogen (secondary N) is 1. The topological polar surface area (TPSA) is 71.2 Å². The van der Waals surface area contributed by atoms with Gasteiger partial charge in [0.2, 0.25) is 0 Å². The fourth-order valence-corrected chi connectivity index (χ4v) is 1.45. The minimum absolute atomic E-state index is 0.249. The van der Waals surface area contributed by atoms with Crippen LogP contribution in [0.5, 0.6) is 0 Å². The van der Waals surface area contributed by atoms with E-state index in [1.807, 2.05) is 12.1 Å². The minimum atomic E-state index is 0.249. The number of nitrogens with two attached hydrogens (primary N) is 1. The number of anilines is 2. The van der Waals surface area contributed by atoms with Gasteiger partial charge >= 0.3 is 0 Å². The SMILES string of the molecule is CCC(CCO)CNc1ccnc(N)c1. The maximum absolute atomic E-state index is 8.85. The molecule has 0 saturated heterocycles. The van der Waals surface area contributed by atoms with Crippen LogP contribution in [0.15, 0.2) is 18.3 Å². The molecule has 0 radical (unpaired) electrons. The number of hydrogen-bond donors (Lipinski definition) is 3. The summed E-state index contributed by atoms with van der Waals surface area (Å²) in [4.78, 5) is 3.92. The van der Waals surface area contributed by atoms with Crippen LogP contribution in [0.4, 0.5) is 11.5 Å². The lowest BCUT2D eigenvalue weighted by molar-refractivity contribution is 0.258. The van der Waals surface area contributed by atoms with Crippen molar-refractivity contribution in [2.45, 2.75) is 19.8 Å². The Morgan fingerprint density at radius 2 is 2.40 bits per heavy atom. The first-order valence-corrected chi connectivity index (χ1v) is 5.32. The maximum Gasteiger partial charge on any atom is 0.125 e. The number of aliphatic hydroxyl groups excluding tert-OH is 1. The molecular formula is C11H19N3O. The molecule has 84 valence electrons. The van der Waals surface area contributed by atoms with Gasteiger partial charge in [-0.05, 0) is 18.4 Å². The van der Waals surface area contributed by atoms with Gasteiger partial charge in [-0.25, -0.2) is 4.98 Å². The van der Waals surface area contributed by atoms with Crippen LogP contribution in [0, 0.1) is 5.92 Å². The van der Waals surface area contributed by atoms with Crippen molar-refractivity contribution in [3.05, 3.63) is 18.3 Å². The van der Waals surface area contributed by atoms with Crippen molar-refractivity contribution in [2.75, 3.05) is 24.2 Å². The molecular weight excluding hydrogens is 190 g/mol. The average Bonchev–Trinajstić information content (AvgIpc) is 2.24. The minimum Gasteiger partial charge on any atom is -0.396 e. The van der Waals surface area contributed by atoms with Crippen LogP contribution < -0.4 is 11.1 Å². The molecule has 0 aliphatic carbocycles. The number of aliphatic hydroxyl groups is 1. The van der Waals surface area contributed by atoms with E-state index in [0.717, 1.165) is 25.1 Å². The summed E-state index contributed by atoms with van der Waals surface area (Å²) in [7, 11) is 0. The van der Waals surface area contributed by atoms with Gasteiger partial charge in [0, 0.05) is 31.1 Å². The van der Waals surface area contributed by atoms with E-state index in [1.165, 1.54) is 0 Å². The molecule has 0 bridgehead atoms. The number of hydrogen-bond acceptors (Lipinski definition) is 4. The van der Waals surface area contributed by atoms with Gasteiger partial charge < -0.3 is 16.2 Å². The zero-order valence-corrected chi connectivity index (χ0v) is 9.11. The van der Waals surface area contributed by atoms with Crippen LogP contribution in [-0.2, 0) is 0 Å². The van der Waals surface area contributed by atoms with Crippen molar-refractivity contribution >= 4 is 11.5 Å². The van der Waals surface area contributed by atoms with Gasteiger partial charge in [-0.15, -0.1) is 0 Å². The monoisotopic (exact) mass is 209 g/mol. The number of aromatic nitrogens is 1. The lowest BCUT2D eigenvalue weighted by atomic mass is 10.0. The first-order chi connectivity index (χ1) is 7.26. The number of rotatable bonds is 6. The van der Waals surface area contributed by atoms with Crippen LogP contribution in [0.25, 0.3) is 0 Å². The summed E-state index contributed by atoms with van der Waals surface area (Å²) in [6, 6.07) is 3.70. The molecule has 0 aliphatic heterocycles. The molecule has 4 N–H and O–H groups in total. The van der Waals surface area contributed by atoms with Crippen LogP contribution >= 0.6 is 0 Å². The lowest BCUT2D eigenvalue weighted by Crippen LogP contribution is -2.15. The fraction of sp³-hybridized carbons (Fsp3) is 0.545. The third-order valence-corrected chi connectivity index (χ3v) is 2.49. The Labute approximate surface area is 90.5 Å². The molecule has 0 aromatic carbocycles. The molecule has 0 saturated carbocycles. The van der Waals surface area contributed by atoms with Crippen molar-refractivity contribution in [3.8, 4) is 0 Å². The molecule has 15 heavy (non-hydrogen) atoms. The highest BCUT2D eigenvalue weighted by Crippen LogP contribution is 2.12. The second kappa shape index (κ2) is 6.24. The van der Waals surface area contributed by atoms with Gasteiger partial charge in [0.05, 0.1) is 0 Å². The Hall–Kier alpha value is -1.29. The molecule has 1 aromatic rings. The fourth-order valence-electron chi connectivity index (χ4n) is 1.45. The zero-order chi connectivity index (χ0) is 11.1. The Balaban J connectivity index is 2.41. The van der Waals surface area contributed by atoms with E-state index in [1.54, 1.807) is 6.20 Å². The first-order valence-electron chi connectivity index (χ1n) is 5.32. The predicted octanol–water partition coefficient (Wildman–Crippen LogP) is 1.48. The predicted molar refractivity (Wildman–Crippen MR) is 62.6 cm³/mol. The normalized spacial score (nSPS) is 12.4. The highest BCUT2D eigenvalue weighted by molar-refractivity contribution is 5.49. The van der Waals surface area contributed by atoms with Gasteiger partial charge in [-0.3, -0.25) is 0 Å². The van der Waals surface area contributed by atoms with Crippen molar-refractivity contribution in [1.29, 1.82) is 0 Å². The summed E-state index contributed by atoms with van der Waals surface area (Å²) in [5, 5.41) is 12.1. The third kappa shape index (κ3) is 4.16.